The van der Waals surface area contributed by atoms with Crippen molar-refractivity contribution in [2.75, 3.05) is 0 Å². The van der Waals surface area contributed by atoms with E-state index in [0.29, 0.717) is 21.4 Å². The highest BCUT2D eigenvalue weighted by Gasteiger charge is 2.20. The zero-order valence-electron chi connectivity index (χ0n) is 12.0. The van der Waals surface area contributed by atoms with Gasteiger partial charge in [-0.2, -0.15) is 0 Å². The predicted octanol–water partition coefficient (Wildman–Crippen LogP) is 5.11. The number of carbonyl (C=O) groups is 1. The van der Waals surface area contributed by atoms with E-state index in [-0.39, 0.29) is 11.9 Å². The first-order chi connectivity index (χ1) is 11.1. The Kier molecular flexibility index (Phi) is 4.70. The highest BCUT2D eigenvalue weighted by Crippen LogP contribution is 2.25. The van der Waals surface area contributed by atoms with Crippen molar-refractivity contribution in [3.63, 3.8) is 0 Å². The van der Waals surface area contributed by atoms with Crippen LogP contribution < -0.4 is 5.32 Å². The molecule has 0 saturated heterocycles. The molecule has 0 fully saturated rings. The van der Waals surface area contributed by atoms with Crippen molar-refractivity contribution >= 4 is 29.1 Å². The molecule has 0 aliphatic heterocycles. The summed E-state index contributed by atoms with van der Waals surface area (Å²) in [5, 5.41) is 3.72. The minimum absolute atomic E-state index is 0.256. The van der Waals surface area contributed by atoms with Crippen LogP contribution in [0.4, 0.5) is 0 Å². The minimum Gasteiger partial charge on any atom is -0.467 e. The maximum absolute atomic E-state index is 12.5. The van der Waals surface area contributed by atoms with E-state index in [2.05, 4.69) is 5.32 Å². The minimum atomic E-state index is -0.381. The molecule has 5 heteroatoms. The average molecular weight is 346 g/mol. The van der Waals surface area contributed by atoms with Crippen molar-refractivity contribution in [3.05, 3.63) is 93.9 Å². The number of benzene rings is 2. The standard InChI is InChI=1S/C18H13Cl2NO2/c19-14-9-8-13(11-15(14)20)18(22)21-17(16-7-4-10-23-16)12-5-2-1-3-6-12/h1-11,17H,(H,21,22)/t17-/m1/s1. The number of furan rings is 1. The van der Waals surface area contributed by atoms with Gasteiger partial charge in [-0.25, -0.2) is 0 Å². The predicted molar refractivity (Wildman–Crippen MR) is 90.9 cm³/mol. The Morgan fingerprint density at radius 2 is 1.74 bits per heavy atom. The molecule has 2 aromatic carbocycles. The third-order valence-corrected chi connectivity index (χ3v) is 4.16. The smallest absolute Gasteiger partial charge is 0.252 e. The van der Waals surface area contributed by atoms with Gasteiger partial charge in [-0.15, -0.1) is 0 Å². The van der Waals surface area contributed by atoms with Crippen molar-refractivity contribution in [3.8, 4) is 0 Å². The van der Waals surface area contributed by atoms with Crippen LogP contribution in [0, 0.1) is 0 Å². The molecule has 0 unspecified atom stereocenters. The van der Waals surface area contributed by atoms with Gasteiger partial charge in [0.2, 0.25) is 0 Å². The third-order valence-electron chi connectivity index (χ3n) is 3.42. The molecule has 116 valence electrons. The first-order valence-electron chi connectivity index (χ1n) is 6.99. The monoisotopic (exact) mass is 345 g/mol. The molecule has 23 heavy (non-hydrogen) atoms. The molecule has 3 aromatic rings. The maximum Gasteiger partial charge on any atom is 0.252 e. The number of hydrogen-bond donors (Lipinski definition) is 1. The Bertz CT molecular complexity index is 801. The summed E-state index contributed by atoms with van der Waals surface area (Å²) >= 11 is 11.9. The number of carbonyl (C=O) groups excluding carboxylic acids is 1. The van der Waals surface area contributed by atoms with E-state index in [0.717, 1.165) is 5.56 Å². The van der Waals surface area contributed by atoms with E-state index >= 15 is 0 Å². The second kappa shape index (κ2) is 6.90. The molecule has 0 spiro atoms. The average Bonchev–Trinajstić information content (AvgIpc) is 3.10. The molecule has 0 aliphatic rings. The van der Waals surface area contributed by atoms with Gasteiger partial charge in [0.25, 0.3) is 5.91 Å². The molecule has 1 atom stereocenters. The number of hydrogen-bond acceptors (Lipinski definition) is 2. The molecule has 1 amide bonds. The number of halogens is 2. The van der Waals surface area contributed by atoms with Crippen molar-refractivity contribution < 1.29 is 9.21 Å². The first-order valence-corrected chi connectivity index (χ1v) is 7.75. The SMILES string of the molecule is O=C(N[C@H](c1ccccc1)c1ccco1)c1ccc(Cl)c(Cl)c1. The van der Waals surface area contributed by atoms with E-state index in [9.17, 15) is 4.79 Å². The second-order valence-corrected chi connectivity index (χ2v) is 5.78. The normalized spacial score (nSPS) is 11.9. The van der Waals surface area contributed by atoms with E-state index in [1.807, 2.05) is 36.4 Å². The summed E-state index contributed by atoms with van der Waals surface area (Å²) in [7, 11) is 0. The van der Waals surface area contributed by atoms with Gasteiger partial charge in [-0.1, -0.05) is 53.5 Å². The van der Waals surface area contributed by atoms with Gasteiger partial charge in [-0.05, 0) is 35.9 Å². The van der Waals surface area contributed by atoms with Gasteiger partial charge in [0.05, 0.1) is 16.3 Å². The highest BCUT2D eigenvalue weighted by atomic mass is 35.5. The van der Waals surface area contributed by atoms with Crippen molar-refractivity contribution in [2.45, 2.75) is 6.04 Å². The molecular formula is C18H13Cl2NO2. The third kappa shape index (κ3) is 3.58. The lowest BCUT2D eigenvalue weighted by atomic mass is 10.0. The van der Waals surface area contributed by atoms with Crippen molar-refractivity contribution in [1.82, 2.24) is 5.32 Å². The van der Waals surface area contributed by atoms with E-state index in [1.54, 1.807) is 30.5 Å². The Morgan fingerprint density at radius 1 is 0.957 bits per heavy atom. The van der Waals surface area contributed by atoms with Crippen LogP contribution in [0.5, 0.6) is 0 Å². The fourth-order valence-corrected chi connectivity index (χ4v) is 2.57. The zero-order chi connectivity index (χ0) is 16.2. The van der Waals surface area contributed by atoms with Crippen molar-refractivity contribution in [1.29, 1.82) is 0 Å². The molecule has 3 rings (SSSR count). The molecule has 0 bridgehead atoms. The lowest BCUT2D eigenvalue weighted by Gasteiger charge is -2.17. The maximum atomic E-state index is 12.5. The van der Waals surface area contributed by atoms with Crippen LogP contribution in [-0.2, 0) is 0 Å². The van der Waals surface area contributed by atoms with Crippen LogP contribution in [0.1, 0.15) is 27.7 Å². The van der Waals surface area contributed by atoms with Gasteiger partial charge < -0.3 is 9.73 Å². The zero-order valence-corrected chi connectivity index (χ0v) is 13.5. The summed E-state index contributed by atoms with van der Waals surface area (Å²) < 4.78 is 5.47. The molecular weight excluding hydrogens is 333 g/mol. The Hall–Kier alpha value is -2.23. The lowest BCUT2D eigenvalue weighted by Crippen LogP contribution is -2.29. The molecule has 1 aromatic heterocycles. The second-order valence-electron chi connectivity index (χ2n) is 4.96. The first kappa shape index (κ1) is 15.7. The van der Waals surface area contributed by atoms with E-state index in [4.69, 9.17) is 27.6 Å². The fraction of sp³-hybridized carbons (Fsp3) is 0.0556. The summed E-state index contributed by atoms with van der Waals surface area (Å²) in [6, 6.07) is 17.6. The largest absolute Gasteiger partial charge is 0.467 e. The fourth-order valence-electron chi connectivity index (χ4n) is 2.27. The van der Waals surface area contributed by atoms with Gasteiger partial charge in [0.15, 0.2) is 0 Å². The van der Waals surface area contributed by atoms with Crippen LogP contribution in [0.3, 0.4) is 0 Å². The number of nitrogens with one attached hydrogen (secondary N) is 1. The van der Waals surface area contributed by atoms with Crippen molar-refractivity contribution in [2.24, 2.45) is 0 Å². The molecule has 1 heterocycles. The summed E-state index contributed by atoms with van der Waals surface area (Å²) in [6.07, 6.45) is 1.58. The molecule has 3 nitrogen and oxygen atoms in total. The van der Waals surface area contributed by atoms with E-state index < -0.39 is 0 Å². The quantitative estimate of drug-likeness (QED) is 0.714. The van der Waals surface area contributed by atoms with Gasteiger partial charge in [0, 0.05) is 5.56 Å². The highest BCUT2D eigenvalue weighted by molar-refractivity contribution is 6.42. The molecule has 1 N–H and O–H groups in total. The molecule has 0 radical (unpaired) electrons. The van der Waals surface area contributed by atoms with Crippen LogP contribution in [-0.4, -0.2) is 5.91 Å². The van der Waals surface area contributed by atoms with Crippen LogP contribution in [0.15, 0.2) is 71.3 Å². The van der Waals surface area contributed by atoms with Crippen LogP contribution in [0.25, 0.3) is 0 Å². The summed E-state index contributed by atoms with van der Waals surface area (Å²) in [5.41, 5.74) is 1.36. The number of amides is 1. The molecule has 0 aliphatic carbocycles. The Labute approximate surface area is 143 Å². The van der Waals surface area contributed by atoms with Gasteiger partial charge in [0.1, 0.15) is 11.8 Å². The van der Waals surface area contributed by atoms with Crippen LogP contribution >= 0.6 is 23.2 Å². The summed E-state index contributed by atoms with van der Waals surface area (Å²) in [6.45, 7) is 0. The van der Waals surface area contributed by atoms with Gasteiger partial charge >= 0.3 is 0 Å². The number of rotatable bonds is 4. The van der Waals surface area contributed by atoms with E-state index in [1.165, 1.54) is 0 Å². The van der Waals surface area contributed by atoms with Crippen LogP contribution in [0.2, 0.25) is 10.0 Å². The summed E-state index contributed by atoms with van der Waals surface area (Å²) in [5.74, 6) is 0.401. The molecule has 0 saturated carbocycles. The Morgan fingerprint density at radius 3 is 2.39 bits per heavy atom. The lowest BCUT2D eigenvalue weighted by molar-refractivity contribution is 0.0939. The van der Waals surface area contributed by atoms with Gasteiger partial charge in [-0.3, -0.25) is 4.79 Å². The topological polar surface area (TPSA) is 42.2 Å². The summed E-state index contributed by atoms with van der Waals surface area (Å²) in [4.78, 5) is 12.5. The Balaban J connectivity index is 1.89.